The third-order valence-electron chi connectivity index (χ3n) is 8.24. The van der Waals surface area contributed by atoms with Crippen molar-refractivity contribution >= 4 is 0 Å². The van der Waals surface area contributed by atoms with Gasteiger partial charge in [0.1, 0.15) is 11.6 Å². The van der Waals surface area contributed by atoms with Gasteiger partial charge < -0.3 is 4.74 Å². The van der Waals surface area contributed by atoms with Crippen molar-refractivity contribution in [3.05, 3.63) is 65.0 Å². The Kier molecular flexibility index (Phi) is 8.25. The standard InChI is InChI=1S/C29H34F6O/c1-19-2-10-22(11-3-19)23-12-6-20(7-13-23)4-5-21-8-15-25(16-9-21)36-29(34,35)24-14-17-26(27(30)18-24)28(31,32)33/h8-9,14-20,22-23H,2-7,10-13H2,1H3. The van der Waals surface area contributed by atoms with Crippen molar-refractivity contribution in [3.8, 4) is 5.75 Å². The zero-order valence-electron chi connectivity index (χ0n) is 20.6. The zero-order chi connectivity index (χ0) is 25.9. The van der Waals surface area contributed by atoms with Crippen molar-refractivity contribution in [2.75, 3.05) is 0 Å². The van der Waals surface area contributed by atoms with Gasteiger partial charge in [0.15, 0.2) is 0 Å². The van der Waals surface area contributed by atoms with Gasteiger partial charge in [-0.3, -0.25) is 0 Å². The number of benzene rings is 2. The highest BCUT2D eigenvalue weighted by atomic mass is 19.4. The molecular formula is C29H34F6O. The molecule has 0 N–H and O–H groups in total. The van der Waals surface area contributed by atoms with Crippen LogP contribution in [0.1, 0.15) is 81.4 Å². The Morgan fingerprint density at radius 1 is 0.778 bits per heavy atom. The molecule has 0 spiro atoms. The van der Waals surface area contributed by atoms with Crippen LogP contribution in [0.3, 0.4) is 0 Å². The highest BCUT2D eigenvalue weighted by Crippen LogP contribution is 2.42. The molecule has 2 fully saturated rings. The smallest absolute Gasteiger partial charge is 0.426 e. The van der Waals surface area contributed by atoms with Crippen LogP contribution in [0.15, 0.2) is 42.5 Å². The Morgan fingerprint density at radius 2 is 1.36 bits per heavy atom. The lowest BCUT2D eigenvalue weighted by molar-refractivity contribution is -0.186. The summed E-state index contributed by atoms with van der Waals surface area (Å²) >= 11 is 0. The molecule has 0 bridgehead atoms. The molecule has 0 aromatic heterocycles. The van der Waals surface area contributed by atoms with E-state index < -0.39 is 29.2 Å². The van der Waals surface area contributed by atoms with Crippen molar-refractivity contribution in [3.63, 3.8) is 0 Å². The van der Waals surface area contributed by atoms with Crippen LogP contribution in [0.5, 0.6) is 5.75 Å². The predicted molar refractivity (Wildman–Crippen MR) is 127 cm³/mol. The van der Waals surface area contributed by atoms with Crippen LogP contribution in [0.4, 0.5) is 26.3 Å². The summed E-state index contributed by atoms with van der Waals surface area (Å²) < 4.78 is 85.4. The van der Waals surface area contributed by atoms with E-state index in [2.05, 4.69) is 6.92 Å². The number of rotatable bonds is 7. The third kappa shape index (κ3) is 6.77. The Morgan fingerprint density at radius 3 is 1.92 bits per heavy atom. The van der Waals surface area contributed by atoms with E-state index >= 15 is 0 Å². The van der Waals surface area contributed by atoms with E-state index in [1.165, 1.54) is 63.5 Å². The summed E-state index contributed by atoms with van der Waals surface area (Å²) in [6.45, 7) is 2.36. The summed E-state index contributed by atoms with van der Waals surface area (Å²) in [6, 6.07) is 7.30. The topological polar surface area (TPSA) is 9.23 Å². The maximum atomic E-state index is 14.5. The molecular weight excluding hydrogens is 478 g/mol. The molecule has 4 rings (SSSR count). The first-order valence-electron chi connectivity index (χ1n) is 13.0. The van der Waals surface area contributed by atoms with Gasteiger partial charge in [-0.05, 0) is 98.1 Å². The van der Waals surface area contributed by atoms with Gasteiger partial charge in [0, 0.05) is 0 Å². The molecule has 0 atom stereocenters. The molecule has 0 aliphatic heterocycles. The van der Waals surface area contributed by atoms with Gasteiger partial charge in [-0.1, -0.05) is 44.7 Å². The second kappa shape index (κ2) is 11.1. The van der Waals surface area contributed by atoms with Crippen LogP contribution >= 0.6 is 0 Å². The number of halogens is 6. The molecule has 2 aliphatic carbocycles. The molecule has 0 heterocycles. The highest BCUT2D eigenvalue weighted by Gasteiger charge is 2.39. The third-order valence-corrected chi connectivity index (χ3v) is 8.24. The molecule has 198 valence electrons. The second-order valence-electron chi connectivity index (χ2n) is 10.8. The Bertz CT molecular complexity index is 984. The van der Waals surface area contributed by atoms with Gasteiger partial charge in [0.05, 0.1) is 11.1 Å². The molecule has 0 saturated heterocycles. The van der Waals surface area contributed by atoms with E-state index in [9.17, 15) is 26.3 Å². The number of hydrogen-bond acceptors (Lipinski definition) is 1. The molecule has 0 unspecified atom stereocenters. The number of ether oxygens (including phenoxy) is 1. The van der Waals surface area contributed by atoms with Crippen molar-refractivity contribution in [1.82, 2.24) is 0 Å². The number of aryl methyl sites for hydroxylation is 1. The fourth-order valence-corrected chi connectivity index (χ4v) is 5.93. The molecule has 1 nitrogen and oxygen atoms in total. The second-order valence-corrected chi connectivity index (χ2v) is 10.8. The van der Waals surface area contributed by atoms with E-state index in [1.807, 2.05) is 0 Å². The molecule has 0 radical (unpaired) electrons. The maximum Gasteiger partial charge on any atom is 0.426 e. The van der Waals surface area contributed by atoms with Gasteiger partial charge in [-0.25, -0.2) is 4.39 Å². The Hall–Kier alpha value is -2.18. The van der Waals surface area contributed by atoms with Crippen molar-refractivity contribution in [2.24, 2.45) is 23.7 Å². The lowest BCUT2D eigenvalue weighted by Gasteiger charge is -2.37. The van der Waals surface area contributed by atoms with Gasteiger partial charge in [-0.2, -0.15) is 22.0 Å². The molecule has 2 aromatic rings. The van der Waals surface area contributed by atoms with Crippen LogP contribution in [0.2, 0.25) is 0 Å². The molecule has 0 amide bonds. The minimum Gasteiger partial charge on any atom is -0.429 e. The SMILES string of the molecule is CC1CCC(C2CCC(CCc3ccc(OC(F)(F)c4ccc(C(F)(F)F)c(F)c4)cc3)CC2)CC1. The van der Waals surface area contributed by atoms with Crippen LogP contribution in [0.25, 0.3) is 0 Å². The van der Waals surface area contributed by atoms with E-state index in [1.54, 1.807) is 12.1 Å². The number of hydrogen-bond donors (Lipinski definition) is 0. The normalized spacial score (nSPS) is 25.5. The van der Waals surface area contributed by atoms with Crippen LogP contribution in [-0.4, -0.2) is 0 Å². The quantitative estimate of drug-likeness (QED) is 0.336. The molecule has 2 aromatic carbocycles. The summed E-state index contributed by atoms with van der Waals surface area (Å²) in [5.74, 6) is 1.47. The van der Waals surface area contributed by atoms with Crippen molar-refractivity contribution in [1.29, 1.82) is 0 Å². The highest BCUT2D eigenvalue weighted by molar-refractivity contribution is 5.31. The van der Waals surface area contributed by atoms with Gasteiger partial charge >= 0.3 is 12.3 Å². The van der Waals surface area contributed by atoms with Crippen LogP contribution < -0.4 is 4.74 Å². The lowest BCUT2D eigenvalue weighted by atomic mass is 9.69. The number of alkyl halides is 5. The van der Waals surface area contributed by atoms with Crippen molar-refractivity contribution < 1.29 is 31.1 Å². The fraction of sp³-hybridized carbons (Fsp3) is 0.586. The Balaban J connectivity index is 1.25. The van der Waals surface area contributed by atoms with E-state index in [-0.39, 0.29) is 11.8 Å². The van der Waals surface area contributed by atoms with Crippen LogP contribution in [-0.2, 0) is 18.7 Å². The monoisotopic (exact) mass is 512 g/mol. The minimum absolute atomic E-state index is 0.133. The average Bonchev–Trinajstić information content (AvgIpc) is 2.83. The van der Waals surface area contributed by atoms with E-state index in [0.29, 0.717) is 18.1 Å². The summed E-state index contributed by atoms with van der Waals surface area (Å²) in [4.78, 5) is 0. The first-order chi connectivity index (χ1) is 17.0. The molecule has 7 heteroatoms. The van der Waals surface area contributed by atoms with Gasteiger partial charge in [0.2, 0.25) is 0 Å². The van der Waals surface area contributed by atoms with E-state index in [0.717, 1.165) is 36.2 Å². The first-order valence-corrected chi connectivity index (χ1v) is 13.0. The van der Waals surface area contributed by atoms with Crippen molar-refractivity contribution in [2.45, 2.75) is 83.4 Å². The summed E-state index contributed by atoms with van der Waals surface area (Å²) in [5, 5.41) is 0. The zero-order valence-corrected chi connectivity index (χ0v) is 20.6. The summed E-state index contributed by atoms with van der Waals surface area (Å²) in [6.07, 6.45) is 3.66. The predicted octanol–water partition coefficient (Wildman–Crippen LogP) is 9.54. The van der Waals surface area contributed by atoms with Gasteiger partial charge in [-0.15, -0.1) is 0 Å². The van der Waals surface area contributed by atoms with E-state index in [4.69, 9.17) is 4.74 Å². The molecule has 36 heavy (non-hydrogen) atoms. The van der Waals surface area contributed by atoms with Gasteiger partial charge in [0.25, 0.3) is 0 Å². The largest absolute Gasteiger partial charge is 0.429 e. The average molecular weight is 513 g/mol. The fourth-order valence-electron chi connectivity index (χ4n) is 5.93. The summed E-state index contributed by atoms with van der Waals surface area (Å²) in [7, 11) is 0. The molecule has 2 aliphatic rings. The summed E-state index contributed by atoms with van der Waals surface area (Å²) in [5.41, 5.74) is -1.55. The maximum absolute atomic E-state index is 14.5. The lowest BCUT2D eigenvalue weighted by Crippen LogP contribution is -2.25. The first kappa shape index (κ1) is 26.9. The molecule has 2 saturated carbocycles. The van der Waals surface area contributed by atoms with Crippen LogP contribution in [0, 0.1) is 29.5 Å². The minimum atomic E-state index is -4.96. The Labute approximate surface area is 209 Å².